The Hall–Kier alpha value is -3.23. The molecule has 5 rings (SSSR count). The van der Waals surface area contributed by atoms with Gasteiger partial charge in [-0.2, -0.15) is 13.2 Å². The highest BCUT2D eigenvalue weighted by Crippen LogP contribution is 2.42. The van der Waals surface area contributed by atoms with Crippen LogP contribution in [-0.2, 0) is 15.6 Å². The number of nitrogens with one attached hydrogen (secondary N) is 1. The number of aliphatic hydroxyl groups is 1. The average Bonchev–Trinajstić information content (AvgIpc) is 3.66. The predicted molar refractivity (Wildman–Crippen MR) is 142 cm³/mol. The fourth-order valence-electron chi connectivity index (χ4n) is 4.27. The van der Waals surface area contributed by atoms with Crippen LogP contribution in [0.3, 0.4) is 0 Å². The third-order valence-corrected chi connectivity index (χ3v) is 9.83. The molecular weight excluding hydrogens is 533 g/mol. The molecule has 1 fully saturated rings. The zero-order valence-electron chi connectivity index (χ0n) is 20.2. The van der Waals surface area contributed by atoms with Gasteiger partial charge in [0.1, 0.15) is 0 Å². The van der Waals surface area contributed by atoms with Crippen LogP contribution in [0.4, 0.5) is 13.2 Å². The molecule has 5 nitrogen and oxygen atoms in total. The molecule has 2 aromatic heterocycles. The number of alkyl halides is 3. The van der Waals surface area contributed by atoms with E-state index in [4.69, 9.17) is 6.42 Å². The number of nitrogens with zero attached hydrogens (tertiary/aromatic N) is 1. The number of thiophene rings is 1. The molecule has 196 valence electrons. The van der Waals surface area contributed by atoms with Crippen LogP contribution in [0.15, 0.2) is 66.9 Å². The van der Waals surface area contributed by atoms with E-state index in [1.54, 1.807) is 36.4 Å². The van der Waals surface area contributed by atoms with Crippen LogP contribution >= 0.6 is 11.3 Å². The van der Waals surface area contributed by atoms with Gasteiger partial charge in [0.2, 0.25) is 10.0 Å². The summed E-state index contributed by atoms with van der Waals surface area (Å²) in [5, 5.41) is 10.5. The molecule has 2 aromatic carbocycles. The molecule has 0 bridgehead atoms. The molecule has 38 heavy (non-hydrogen) atoms. The number of rotatable bonds is 7. The van der Waals surface area contributed by atoms with E-state index in [-0.39, 0.29) is 11.3 Å². The first kappa shape index (κ1) is 26.4. The molecular formula is C28H23F3N2O3S2. The molecule has 0 amide bonds. The van der Waals surface area contributed by atoms with Crippen LogP contribution in [0.25, 0.3) is 21.3 Å². The van der Waals surface area contributed by atoms with E-state index in [1.165, 1.54) is 23.6 Å². The Morgan fingerprint density at radius 2 is 1.87 bits per heavy atom. The maximum absolute atomic E-state index is 13.5. The van der Waals surface area contributed by atoms with Crippen molar-refractivity contribution in [2.75, 3.05) is 0 Å². The van der Waals surface area contributed by atoms with E-state index in [1.807, 2.05) is 12.1 Å². The van der Waals surface area contributed by atoms with Gasteiger partial charge in [-0.1, -0.05) is 42.3 Å². The SMILES string of the molecule is C#Cc1ccccc1C(NS(=O)(=O)C1CC1)c1cc2cccc(-c3cc(C(C)(O)C(F)(F)F)ccn3)c2s1. The minimum atomic E-state index is -4.87. The van der Waals surface area contributed by atoms with Crippen molar-refractivity contribution < 1.29 is 26.7 Å². The number of terminal acetylenes is 1. The van der Waals surface area contributed by atoms with Crippen molar-refractivity contribution in [1.82, 2.24) is 9.71 Å². The maximum atomic E-state index is 13.5. The lowest BCUT2D eigenvalue weighted by atomic mass is 9.94. The van der Waals surface area contributed by atoms with Gasteiger partial charge in [0.25, 0.3) is 0 Å². The number of halogens is 3. The van der Waals surface area contributed by atoms with Gasteiger partial charge in [-0.25, -0.2) is 13.1 Å². The highest BCUT2D eigenvalue weighted by molar-refractivity contribution is 7.90. The van der Waals surface area contributed by atoms with E-state index in [0.717, 1.165) is 11.5 Å². The Morgan fingerprint density at radius 3 is 2.55 bits per heavy atom. The zero-order chi connectivity index (χ0) is 27.3. The van der Waals surface area contributed by atoms with Crippen LogP contribution in [0.5, 0.6) is 0 Å². The smallest absolute Gasteiger partial charge is 0.376 e. The van der Waals surface area contributed by atoms with Gasteiger partial charge < -0.3 is 5.11 Å². The number of pyridine rings is 1. The Labute approximate surface area is 222 Å². The van der Waals surface area contributed by atoms with Crippen molar-refractivity contribution in [2.24, 2.45) is 0 Å². The molecule has 2 unspecified atom stereocenters. The average molecular weight is 557 g/mol. The third-order valence-electron chi connectivity index (χ3n) is 6.67. The number of aromatic nitrogens is 1. The van der Waals surface area contributed by atoms with E-state index in [0.29, 0.717) is 46.0 Å². The second-order valence-electron chi connectivity index (χ2n) is 9.40. The van der Waals surface area contributed by atoms with Crippen molar-refractivity contribution in [3.05, 3.63) is 88.4 Å². The van der Waals surface area contributed by atoms with Crippen LogP contribution in [-0.4, -0.2) is 29.9 Å². The van der Waals surface area contributed by atoms with Gasteiger partial charge >= 0.3 is 6.18 Å². The second-order valence-corrected chi connectivity index (χ2v) is 12.5. The van der Waals surface area contributed by atoms with Gasteiger partial charge in [-0.3, -0.25) is 4.98 Å². The van der Waals surface area contributed by atoms with Crippen molar-refractivity contribution in [3.63, 3.8) is 0 Å². The lowest BCUT2D eigenvalue weighted by Gasteiger charge is -2.26. The standard InChI is InChI=1S/C28H23F3N2O3S2/c1-3-17-7-4-5-9-21(17)25(33-38(35,36)20-11-12-20)24-15-18-8-6-10-22(26(18)37-24)23-16-19(13-14-32-23)27(2,34)28(29,30)31/h1,4-10,13-16,20,25,33-34H,11-12H2,2H3. The van der Waals surface area contributed by atoms with Crippen molar-refractivity contribution in [1.29, 1.82) is 0 Å². The lowest BCUT2D eigenvalue weighted by Crippen LogP contribution is -2.39. The summed E-state index contributed by atoms with van der Waals surface area (Å²) in [6.07, 6.45) is 3.28. The van der Waals surface area contributed by atoms with Crippen molar-refractivity contribution in [3.8, 4) is 23.6 Å². The number of benzene rings is 2. The molecule has 0 saturated heterocycles. The van der Waals surface area contributed by atoms with Gasteiger partial charge in [-0.05, 0) is 60.5 Å². The molecule has 1 aliphatic rings. The number of sulfonamides is 1. The highest BCUT2D eigenvalue weighted by Gasteiger charge is 2.51. The molecule has 1 saturated carbocycles. The third kappa shape index (κ3) is 4.83. The molecule has 2 heterocycles. The van der Waals surface area contributed by atoms with Crippen LogP contribution in [0.2, 0.25) is 0 Å². The van der Waals surface area contributed by atoms with Gasteiger partial charge in [-0.15, -0.1) is 17.8 Å². The topological polar surface area (TPSA) is 79.3 Å². The maximum Gasteiger partial charge on any atom is 0.421 e. The van der Waals surface area contributed by atoms with Crippen LogP contribution in [0, 0.1) is 12.3 Å². The van der Waals surface area contributed by atoms with Crippen LogP contribution < -0.4 is 4.72 Å². The Morgan fingerprint density at radius 1 is 1.13 bits per heavy atom. The summed E-state index contributed by atoms with van der Waals surface area (Å²) < 4.78 is 70.0. The summed E-state index contributed by atoms with van der Waals surface area (Å²) in [6.45, 7) is 0.704. The fraction of sp³-hybridized carbons (Fsp3) is 0.250. The molecule has 10 heteroatoms. The number of hydrogen-bond donors (Lipinski definition) is 2. The first-order chi connectivity index (χ1) is 17.9. The molecule has 0 radical (unpaired) electrons. The highest BCUT2D eigenvalue weighted by atomic mass is 32.2. The molecule has 2 N–H and O–H groups in total. The van der Waals surface area contributed by atoms with E-state index < -0.39 is 33.1 Å². The summed E-state index contributed by atoms with van der Waals surface area (Å²) in [6, 6.07) is 15.9. The largest absolute Gasteiger partial charge is 0.421 e. The lowest BCUT2D eigenvalue weighted by molar-refractivity contribution is -0.258. The quantitative estimate of drug-likeness (QED) is 0.279. The molecule has 2 atom stereocenters. The van der Waals surface area contributed by atoms with Crippen LogP contribution in [0.1, 0.15) is 47.4 Å². The molecule has 1 aliphatic carbocycles. The summed E-state index contributed by atoms with van der Waals surface area (Å²) in [4.78, 5) is 4.95. The second kappa shape index (κ2) is 9.50. The predicted octanol–water partition coefficient (Wildman–Crippen LogP) is 5.89. The molecule has 0 spiro atoms. The number of hydrogen-bond acceptors (Lipinski definition) is 5. The van der Waals surface area contributed by atoms with E-state index >= 15 is 0 Å². The summed E-state index contributed by atoms with van der Waals surface area (Å²) >= 11 is 1.31. The summed E-state index contributed by atoms with van der Waals surface area (Å²) in [7, 11) is -3.60. The van der Waals surface area contributed by atoms with E-state index in [2.05, 4.69) is 15.6 Å². The fourth-order valence-corrected chi connectivity index (χ4v) is 7.12. The van der Waals surface area contributed by atoms with E-state index in [9.17, 15) is 26.7 Å². The van der Waals surface area contributed by atoms with Crippen molar-refractivity contribution >= 4 is 31.4 Å². The minimum Gasteiger partial charge on any atom is -0.376 e. The Kier molecular flexibility index (Phi) is 6.60. The van der Waals surface area contributed by atoms with Gasteiger partial charge in [0.05, 0.1) is 17.0 Å². The minimum absolute atomic E-state index is 0.255. The Balaban J connectivity index is 1.64. The zero-order valence-corrected chi connectivity index (χ0v) is 21.8. The van der Waals surface area contributed by atoms with Crippen molar-refractivity contribution in [2.45, 2.75) is 42.8 Å². The normalized spacial score (nSPS) is 16.6. The first-order valence-corrected chi connectivity index (χ1v) is 14.1. The molecule has 0 aliphatic heterocycles. The Bertz CT molecular complexity index is 1670. The first-order valence-electron chi connectivity index (χ1n) is 11.8. The summed E-state index contributed by atoms with van der Waals surface area (Å²) in [5.74, 6) is 2.62. The van der Waals surface area contributed by atoms with Gasteiger partial charge in [0.15, 0.2) is 5.60 Å². The summed E-state index contributed by atoms with van der Waals surface area (Å²) in [5.41, 5.74) is -1.38. The monoisotopic (exact) mass is 556 g/mol. The number of fused-ring (bicyclic) bond motifs is 1. The van der Waals surface area contributed by atoms with Gasteiger partial charge in [0, 0.05) is 26.9 Å². The molecule has 4 aromatic rings.